The van der Waals surface area contributed by atoms with Crippen molar-refractivity contribution < 1.29 is 9.53 Å². The zero-order valence-electron chi connectivity index (χ0n) is 15.9. The molecule has 1 unspecified atom stereocenters. The minimum atomic E-state index is -0.412. The van der Waals surface area contributed by atoms with Gasteiger partial charge in [0, 0.05) is 13.1 Å². The zero-order valence-corrected chi connectivity index (χ0v) is 15.9. The largest absolute Gasteiger partial charge is 0.481 e. The molecule has 1 fully saturated rings. The third-order valence-corrected chi connectivity index (χ3v) is 5.36. The lowest BCUT2D eigenvalue weighted by atomic mass is 9.94. The Morgan fingerprint density at radius 1 is 1.00 bits per heavy atom. The van der Waals surface area contributed by atoms with E-state index in [1.54, 1.807) is 0 Å². The topological polar surface area (TPSA) is 29.5 Å². The highest BCUT2D eigenvalue weighted by molar-refractivity contribution is 5.81. The van der Waals surface area contributed by atoms with Crippen LogP contribution in [0.4, 0.5) is 0 Å². The van der Waals surface area contributed by atoms with Crippen molar-refractivity contribution in [1.82, 2.24) is 4.90 Å². The normalized spacial score (nSPS) is 16.1. The van der Waals surface area contributed by atoms with E-state index in [-0.39, 0.29) is 5.91 Å². The third kappa shape index (κ3) is 4.46. The molecule has 0 bridgehead atoms. The lowest BCUT2D eigenvalue weighted by Gasteiger charge is -2.33. The lowest BCUT2D eigenvalue weighted by molar-refractivity contribution is -0.140. The smallest absolute Gasteiger partial charge is 0.263 e. The average Bonchev–Trinajstić information content (AvgIpc) is 2.72. The number of hydrogen-bond donors (Lipinski definition) is 0. The predicted molar refractivity (Wildman–Crippen MR) is 106 cm³/mol. The molecule has 3 nitrogen and oxygen atoms in total. The second-order valence-electron chi connectivity index (χ2n) is 7.15. The molecule has 1 saturated carbocycles. The number of likely N-dealkylation sites (N-methyl/N-ethyl adjacent to an activating group) is 1. The summed E-state index contributed by atoms with van der Waals surface area (Å²) in [7, 11) is 1.93. The van der Waals surface area contributed by atoms with Crippen molar-refractivity contribution >= 4 is 5.91 Å². The van der Waals surface area contributed by atoms with Crippen molar-refractivity contribution in [3.63, 3.8) is 0 Å². The number of nitrogens with zero attached hydrogens (tertiary/aromatic N) is 1. The quantitative estimate of drug-likeness (QED) is 0.706. The maximum Gasteiger partial charge on any atom is 0.263 e. The molecule has 0 saturated heterocycles. The maximum absolute atomic E-state index is 12.9. The Kier molecular flexibility index (Phi) is 6.32. The summed E-state index contributed by atoms with van der Waals surface area (Å²) in [6.45, 7) is 2.01. The minimum Gasteiger partial charge on any atom is -0.481 e. The van der Waals surface area contributed by atoms with Gasteiger partial charge in [0.1, 0.15) is 5.75 Å². The van der Waals surface area contributed by atoms with Crippen LogP contribution in [0.15, 0.2) is 54.6 Å². The van der Waals surface area contributed by atoms with Crippen molar-refractivity contribution in [2.24, 2.45) is 0 Å². The Bertz CT molecular complexity index is 690. The summed E-state index contributed by atoms with van der Waals surface area (Å²) in [5.74, 6) is 0.855. The number of carbonyl (C=O) groups is 1. The van der Waals surface area contributed by atoms with Crippen molar-refractivity contribution in [2.45, 2.75) is 57.6 Å². The van der Waals surface area contributed by atoms with Gasteiger partial charge >= 0.3 is 0 Å². The van der Waals surface area contributed by atoms with Gasteiger partial charge in [-0.05, 0) is 42.5 Å². The molecule has 1 aliphatic carbocycles. The molecular weight excluding hydrogens is 322 g/mol. The number of rotatable bonds is 6. The first-order valence-corrected chi connectivity index (χ1v) is 9.78. The van der Waals surface area contributed by atoms with Crippen molar-refractivity contribution in [2.75, 3.05) is 7.05 Å². The summed E-state index contributed by atoms with van der Waals surface area (Å²) in [5, 5.41) is 0. The van der Waals surface area contributed by atoms with E-state index in [9.17, 15) is 4.79 Å². The number of hydrogen-bond acceptors (Lipinski definition) is 2. The highest BCUT2D eigenvalue weighted by atomic mass is 16.5. The number of benzene rings is 2. The summed E-state index contributed by atoms with van der Waals surface area (Å²) >= 11 is 0. The molecule has 0 spiro atoms. The van der Waals surface area contributed by atoms with Crippen molar-refractivity contribution in [3.05, 3.63) is 54.6 Å². The molecule has 0 radical (unpaired) electrons. The fourth-order valence-corrected chi connectivity index (χ4v) is 3.70. The van der Waals surface area contributed by atoms with Crippen molar-refractivity contribution in [1.29, 1.82) is 0 Å². The molecule has 1 aliphatic rings. The Hall–Kier alpha value is -2.29. The van der Waals surface area contributed by atoms with Crippen LogP contribution in [-0.2, 0) is 4.79 Å². The Morgan fingerprint density at radius 3 is 2.23 bits per heavy atom. The number of amides is 1. The summed E-state index contributed by atoms with van der Waals surface area (Å²) < 4.78 is 6.04. The van der Waals surface area contributed by atoms with Gasteiger partial charge in [-0.25, -0.2) is 0 Å². The Morgan fingerprint density at radius 2 is 1.62 bits per heavy atom. The second-order valence-corrected chi connectivity index (χ2v) is 7.15. The molecule has 3 rings (SSSR count). The number of ether oxygens (including phenoxy) is 1. The van der Waals surface area contributed by atoms with E-state index in [2.05, 4.69) is 12.1 Å². The standard InChI is InChI=1S/C23H29NO2/c1-3-22(23(25)24(2)20-12-8-5-9-13-20)26-21-16-14-19(15-17-21)18-10-6-4-7-11-18/h4,6-7,10-11,14-17,20,22H,3,5,8-9,12-13H2,1-2H3. The first-order valence-electron chi connectivity index (χ1n) is 9.78. The van der Waals surface area contributed by atoms with Crippen LogP contribution in [0.1, 0.15) is 45.4 Å². The van der Waals surface area contributed by atoms with E-state index in [1.807, 2.05) is 61.3 Å². The first-order chi connectivity index (χ1) is 12.7. The van der Waals surface area contributed by atoms with Gasteiger partial charge in [0.25, 0.3) is 5.91 Å². The van der Waals surface area contributed by atoms with Gasteiger partial charge in [-0.3, -0.25) is 4.79 Å². The molecule has 3 heteroatoms. The summed E-state index contributed by atoms with van der Waals surface area (Å²) in [6, 6.07) is 18.6. The van der Waals surface area contributed by atoms with Crippen LogP contribution in [0.5, 0.6) is 5.75 Å². The third-order valence-electron chi connectivity index (χ3n) is 5.36. The summed E-state index contributed by atoms with van der Waals surface area (Å²) in [6.07, 6.45) is 6.23. The van der Waals surface area contributed by atoms with Gasteiger partial charge in [-0.1, -0.05) is 68.7 Å². The van der Waals surface area contributed by atoms with E-state index in [0.717, 1.165) is 24.2 Å². The van der Waals surface area contributed by atoms with E-state index >= 15 is 0 Å². The second kappa shape index (κ2) is 8.88. The predicted octanol–water partition coefficient (Wildman–Crippen LogP) is 5.30. The SMILES string of the molecule is CCC(Oc1ccc(-c2ccccc2)cc1)C(=O)N(C)C1CCCCC1. The van der Waals surface area contributed by atoms with Crippen LogP contribution in [0, 0.1) is 0 Å². The fourth-order valence-electron chi connectivity index (χ4n) is 3.70. The van der Waals surface area contributed by atoms with Gasteiger partial charge < -0.3 is 9.64 Å². The van der Waals surface area contributed by atoms with Crippen LogP contribution in [0.2, 0.25) is 0 Å². The van der Waals surface area contributed by atoms with Gasteiger partial charge in [0.15, 0.2) is 6.10 Å². The molecule has 0 aromatic heterocycles. The molecule has 2 aromatic rings. The minimum absolute atomic E-state index is 0.103. The van der Waals surface area contributed by atoms with Gasteiger partial charge in [0.2, 0.25) is 0 Å². The average molecular weight is 351 g/mol. The van der Waals surface area contributed by atoms with Gasteiger partial charge in [-0.2, -0.15) is 0 Å². The van der Waals surface area contributed by atoms with Gasteiger partial charge in [-0.15, -0.1) is 0 Å². The van der Waals surface area contributed by atoms with E-state index in [0.29, 0.717) is 12.5 Å². The molecule has 0 N–H and O–H groups in total. The lowest BCUT2D eigenvalue weighted by Crippen LogP contribution is -2.45. The first kappa shape index (κ1) is 18.5. The molecular formula is C23H29NO2. The molecule has 1 atom stereocenters. The van der Waals surface area contributed by atoms with Crippen LogP contribution in [0.3, 0.4) is 0 Å². The molecule has 2 aromatic carbocycles. The highest BCUT2D eigenvalue weighted by Gasteiger charge is 2.28. The van der Waals surface area contributed by atoms with Crippen LogP contribution in [-0.4, -0.2) is 30.0 Å². The van der Waals surface area contributed by atoms with Crippen LogP contribution < -0.4 is 4.74 Å². The number of carbonyl (C=O) groups excluding carboxylic acids is 1. The molecule has 0 heterocycles. The van der Waals surface area contributed by atoms with Crippen molar-refractivity contribution in [3.8, 4) is 16.9 Å². The van der Waals surface area contributed by atoms with Crippen LogP contribution >= 0.6 is 0 Å². The Labute approximate surface area is 157 Å². The monoisotopic (exact) mass is 351 g/mol. The molecule has 138 valence electrons. The highest BCUT2D eigenvalue weighted by Crippen LogP contribution is 2.25. The molecule has 26 heavy (non-hydrogen) atoms. The van der Waals surface area contributed by atoms with E-state index < -0.39 is 6.10 Å². The summed E-state index contributed by atoms with van der Waals surface area (Å²) in [4.78, 5) is 14.8. The zero-order chi connectivity index (χ0) is 18.4. The van der Waals surface area contributed by atoms with Crippen LogP contribution in [0.25, 0.3) is 11.1 Å². The van der Waals surface area contributed by atoms with Gasteiger partial charge in [0.05, 0.1) is 0 Å². The molecule has 0 aliphatic heterocycles. The fraction of sp³-hybridized carbons (Fsp3) is 0.435. The van der Waals surface area contributed by atoms with E-state index in [4.69, 9.17) is 4.74 Å². The Balaban J connectivity index is 1.64. The van der Waals surface area contributed by atoms with E-state index in [1.165, 1.54) is 24.8 Å². The molecule has 1 amide bonds. The maximum atomic E-state index is 12.9. The summed E-state index contributed by atoms with van der Waals surface area (Å²) in [5.41, 5.74) is 2.33.